The highest BCUT2D eigenvalue weighted by molar-refractivity contribution is 5.70. The highest BCUT2D eigenvalue weighted by atomic mass is 16.6. The summed E-state index contributed by atoms with van der Waals surface area (Å²) < 4.78 is 10.8. The van der Waals surface area contributed by atoms with E-state index in [0.29, 0.717) is 13.2 Å². The summed E-state index contributed by atoms with van der Waals surface area (Å²) in [5.41, 5.74) is 2.03. The Kier molecular flexibility index (Phi) is 3.50. The van der Waals surface area contributed by atoms with Gasteiger partial charge in [-0.1, -0.05) is 18.2 Å². The topological polar surface area (TPSA) is 60.5 Å². The van der Waals surface area contributed by atoms with Gasteiger partial charge in [-0.15, -0.1) is 0 Å². The van der Waals surface area contributed by atoms with Crippen molar-refractivity contribution < 1.29 is 14.3 Å². The monoisotopic (exact) mass is 270 g/mol. The number of para-hydroxylation sites is 1. The average molecular weight is 270 g/mol. The van der Waals surface area contributed by atoms with Gasteiger partial charge in [0.25, 0.3) is 0 Å². The molecule has 1 saturated heterocycles. The van der Waals surface area contributed by atoms with E-state index in [9.17, 15) is 4.79 Å². The number of benzene rings is 1. The summed E-state index contributed by atoms with van der Waals surface area (Å²) in [5, 5.41) is 2.60. The number of hydrogen-bond donors (Lipinski definition) is 1. The van der Waals surface area contributed by atoms with E-state index >= 15 is 0 Å². The van der Waals surface area contributed by atoms with E-state index in [1.807, 2.05) is 36.4 Å². The average Bonchev–Trinajstić information content (AvgIpc) is 2.92. The van der Waals surface area contributed by atoms with Crippen LogP contribution in [0.4, 0.5) is 4.79 Å². The standard InChI is InChI=1S/C15H14N2O3/c18-15-17-9-12(20-15)10-19-14-4-2-1-3-13(14)11-5-7-16-8-6-11/h1-8,12H,9-10H2,(H,17,18). The number of carbonyl (C=O) groups excluding carboxylic acids is 1. The lowest BCUT2D eigenvalue weighted by Gasteiger charge is -2.13. The molecule has 2 aromatic rings. The van der Waals surface area contributed by atoms with Crippen molar-refractivity contribution in [1.29, 1.82) is 0 Å². The van der Waals surface area contributed by atoms with Crippen LogP contribution in [0.25, 0.3) is 11.1 Å². The molecule has 1 N–H and O–H groups in total. The summed E-state index contributed by atoms with van der Waals surface area (Å²) >= 11 is 0. The molecule has 0 bridgehead atoms. The maximum absolute atomic E-state index is 11.0. The van der Waals surface area contributed by atoms with Gasteiger partial charge in [0.1, 0.15) is 12.4 Å². The van der Waals surface area contributed by atoms with Gasteiger partial charge in [-0.25, -0.2) is 4.79 Å². The van der Waals surface area contributed by atoms with Crippen molar-refractivity contribution in [2.45, 2.75) is 6.10 Å². The molecule has 1 unspecified atom stereocenters. The fourth-order valence-corrected chi connectivity index (χ4v) is 2.07. The number of nitrogens with one attached hydrogen (secondary N) is 1. The predicted molar refractivity (Wildman–Crippen MR) is 73.4 cm³/mol. The molecule has 0 saturated carbocycles. The van der Waals surface area contributed by atoms with Gasteiger partial charge in [0.05, 0.1) is 6.54 Å². The molecule has 0 spiro atoms. The summed E-state index contributed by atoms with van der Waals surface area (Å²) in [4.78, 5) is 15.0. The number of aromatic nitrogens is 1. The van der Waals surface area contributed by atoms with E-state index in [-0.39, 0.29) is 12.2 Å². The van der Waals surface area contributed by atoms with Crippen LogP contribution in [0, 0.1) is 0 Å². The number of carbonyl (C=O) groups is 1. The Morgan fingerprint density at radius 1 is 1.25 bits per heavy atom. The molecular formula is C15H14N2O3. The minimum Gasteiger partial charge on any atom is -0.489 e. The van der Waals surface area contributed by atoms with Gasteiger partial charge in [-0.2, -0.15) is 0 Å². The van der Waals surface area contributed by atoms with E-state index in [1.54, 1.807) is 12.4 Å². The minimum absolute atomic E-state index is 0.243. The Labute approximate surface area is 116 Å². The maximum Gasteiger partial charge on any atom is 0.407 e. The lowest BCUT2D eigenvalue weighted by Crippen LogP contribution is -2.22. The fourth-order valence-electron chi connectivity index (χ4n) is 2.07. The molecular weight excluding hydrogens is 256 g/mol. The lowest BCUT2D eigenvalue weighted by atomic mass is 10.1. The van der Waals surface area contributed by atoms with E-state index in [4.69, 9.17) is 9.47 Å². The maximum atomic E-state index is 11.0. The first-order valence-electron chi connectivity index (χ1n) is 6.39. The van der Waals surface area contributed by atoms with Crippen molar-refractivity contribution in [3.63, 3.8) is 0 Å². The molecule has 1 aliphatic rings. The zero-order valence-electron chi connectivity index (χ0n) is 10.8. The van der Waals surface area contributed by atoms with Crippen LogP contribution in [-0.4, -0.2) is 30.3 Å². The number of hydrogen-bond acceptors (Lipinski definition) is 4. The number of ether oxygens (including phenoxy) is 2. The van der Waals surface area contributed by atoms with Crippen molar-refractivity contribution in [3.8, 4) is 16.9 Å². The Morgan fingerprint density at radius 3 is 2.80 bits per heavy atom. The molecule has 2 heterocycles. The van der Waals surface area contributed by atoms with Crippen LogP contribution in [0.1, 0.15) is 0 Å². The second-order valence-corrected chi connectivity index (χ2v) is 4.45. The van der Waals surface area contributed by atoms with Crippen molar-refractivity contribution in [2.24, 2.45) is 0 Å². The fraction of sp³-hybridized carbons (Fsp3) is 0.200. The van der Waals surface area contributed by atoms with Gasteiger partial charge in [0.15, 0.2) is 6.10 Å². The van der Waals surface area contributed by atoms with Crippen molar-refractivity contribution >= 4 is 6.09 Å². The zero-order chi connectivity index (χ0) is 13.8. The Balaban J connectivity index is 1.75. The summed E-state index contributed by atoms with van der Waals surface area (Å²) in [6.07, 6.45) is 2.86. The van der Waals surface area contributed by atoms with Gasteiger partial charge in [-0.05, 0) is 23.8 Å². The van der Waals surface area contributed by atoms with Gasteiger partial charge in [-0.3, -0.25) is 4.98 Å². The van der Waals surface area contributed by atoms with Crippen LogP contribution in [-0.2, 0) is 4.74 Å². The molecule has 3 rings (SSSR count). The number of amides is 1. The highest BCUT2D eigenvalue weighted by Crippen LogP contribution is 2.29. The number of cyclic esters (lactones) is 1. The zero-order valence-corrected chi connectivity index (χ0v) is 10.8. The molecule has 0 radical (unpaired) electrons. The van der Waals surface area contributed by atoms with Crippen molar-refractivity contribution in [1.82, 2.24) is 10.3 Å². The lowest BCUT2D eigenvalue weighted by molar-refractivity contribution is 0.105. The quantitative estimate of drug-likeness (QED) is 0.925. The van der Waals surface area contributed by atoms with E-state index < -0.39 is 0 Å². The third-order valence-electron chi connectivity index (χ3n) is 3.05. The van der Waals surface area contributed by atoms with E-state index in [1.165, 1.54) is 0 Å². The van der Waals surface area contributed by atoms with Gasteiger partial charge >= 0.3 is 6.09 Å². The number of rotatable bonds is 4. The van der Waals surface area contributed by atoms with Crippen LogP contribution < -0.4 is 10.1 Å². The van der Waals surface area contributed by atoms with Gasteiger partial charge in [0.2, 0.25) is 0 Å². The highest BCUT2D eigenvalue weighted by Gasteiger charge is 2.23. The first-order chi connectivity index (χ1) is 9.83. The smallest absolute Gasteiger partial charge is 0.407 e. The SMILES string of the molecule is O=C1NCC(COc2ccccc2-c2ccncc2)O1. The summed E-state index contributed by atoms with van der Waals surface area (Å²) in [6, 6.07) is 11.6. The second-order valence-electron chi connectivity index (χ2n) is 4.45. The van der Waals surface area contributed by atoms with Crippen molar-refractivity contribution in [3.05, 3.63) is 48.8 Å². The largest absolute Gasteiger partial charge is 0.489 e. The Bertz CT molecular complexity index is 601. The third kappa shape index (κ3) is 2.71. The molecule has 1 aromatic carbocycles. The minimum atomic E-state index is -0.388. The Morgan fingerprint density at radius 2 is 2.05 bits per heavy atom. The van der Waals surface area contributed by atoms with E-state index in [0.717, 1.165) is 16.9 Å². The molecule has 102 valence electrons. The first-order valence-corrected chi connectivity index (χ1v) is 6.39. The molecule has 1 aromatic heterocycles. The number of nitrogens with zero attached hydrogens (tertiary/aromatic N) is 1. The van der Waals surface area contributed by atoms with Crippen LogP contribution in [0.3, 0.4) is 0 Å². The summed E-state index contributed by atoms with van der Waals surface area (Å²) in [7, 11) is 0. The number of pyridine rings is 1. The van der Waals surface area contributed by atoms with Gasteiger partial charge < -0.3 is 14.8 Å². The predicted octanol–water partition coefficient (Wildman–Crippen LogP) is 2.24. The first kappa shape index (κ1) is 12.5. The third-order valence-corrected chi connectivity index (χ3v) is 3.05. The number of alkyl carbamates (subject to hydrolysis) is 1. The van der Waals surface area contributed by atoms with Crippen LogP contribution in [0.15, 0.2) is 48.8 Å². The molecule has 5 heteroatoms. The Hall–Kier alpha value is -2.56. The molecule has 5 nitrogen and oxygen atoms in total. The molecule has 1 atom stereocenters. The normalized spacial score (nSPS) is 17.4. The molecule has 1 fully saturated rings. The van der Waals surface area contributed by atoms with E-state index in [2.05, 4.69) is 10.3 Å². The van der Waals surface area contributed by atoms with Crippen LogP contribution in [0.5, 0.6) is 5.75 Å². The van der Waals surface area contributed by atoms with Crippen LogP contribution >= 0.6 is 0 Å². The van der Waals surface area contributed by atoms with Gasteiger partial charge in [0, 0.05) is 18.0 Å². The van der Waals surface area contributed by atoms with Crippen LogP contribution in [0.2, 0.25) is 0 Å². The summed E-state index contributed by atoms with van der Waals surface area (Å²) in [5.74, 6) is 0.765. The second kappa shape index (κ2) is 5.61. The van der Waals surface area contributed by atoms with Crippen molar-refractivity contribution in [2.75, 3.05) is 13.2 Å². The summed E-state index contributed by atoms with van der Waals surface area (Å²) in [6.45, 7) is 0.817. The molecule has 1 amide bonds. The molecule has 0 aliphatic carbocycles. The molecule has 20 heavy (non-hydrogen) atoms. The molecule has 1 aliphatic heterocycles.